The number of aromatic nitrogens is 4. The van der Waals surface area contributed by atoms with Gasteiger partial charge in [-0.1, -0.05) is 33.0 Å². The molecule has 6 heteroatoms. The summed E-state index contributed by atoms with van der Waals surface area (Å²) in [4.78, 5) is 5.21. The van der Waals surface area contributed by atoms with Gasteiger partial charge in [-0.3, -0.25) is 5.43 Å². The summed E-state index contributed by atoms with van der Waals surface area (Å²) in [7, 11) is 0. The van der Waals surface area contributed by atoms with E-state index in [0.29, 0.717) is 0 Å². The standard InChI is InChI=1S/C18H16BrN5/c19-11-8-9-14-13(10-11)12-4-3-7-17(18(12)20-14)23-24-21-15-5-1-2-6-16(15)22-24/h1-2,5-6,8-10,17,20,23H,3-4,7H2. The molecule has 120 valence electrons. The number of nitrogens with one attached hydrogen (secondary N) is 2. The maximum atomic E-state index is 4.52. The van der Waals surface area contributed by atoms with Crippen LogP contribution in [-0.2, 0) is 6.42 Å². The summed E-state index contributed by atoms with van der Waals surface area (Å²) in [5.74, 6) is 0. The maximum Gasteiger partial charge on any atom is 0.115 e. The van der Waals surface area contributed by atoms with Crippen LogP contribution in [0, 0.1) is 0 Å². The lowest BCUT2D eigenvalue weighted by molar-refractivity contribution is 0.503. The molecule has 2 heterocycles. The molecule has 0 saturated carbocycles. The summed E-state index contributed by atoms with van der Waals surface area (Å²) < 4.78 is 1.12. The monoisotopic (exact) mass is 381 g/mol. The summed E-state index contributed by atoms with van der Waals surface area (Å²) in [6.07, 6.45) is 3.34. The van der Waals surface area contributed by atoms with Crippen LogP contribution in [0.5, 0.6) is 0 Å². The molecule has 0 saturated heterocycles. The van der Waals surface area contributed by atoms with E-state index in [4.69, 9.17) is 0 Å². The van der Waals surface area contributed by atoms with Gasteiger partial charge in [0.05, 0.1) is 6.04 Å². The Kier molecular flexibility index (Phi) is 3.13. The Morgan fingerprint density at radius 1 is 1.12 bits per heavy atom. The van der Waals surface area contributed by atoms with Crippen molar-refractivity contribution in [1.29, 1.82) is 0 Å². The van der Waals surface area contributed by atoms with Crippen LogP contribution < -0.4 is 5.43 Å². The number of rotatable bonds is 2. The molecule has 2 N–H and O–H groups in total. The van der Waals surface area contributed by atoms with E-state index >= 15 is 0 Å². The normalized spacial score (nSPS) is 17.3. The van der Waals surface area contributed by atoms with Gasteiger partial charge in [-0.2, -0.15) is 0 Å². The van der Waals surface area contributed by atoms with E-state index in [-0.39, 0.29) is 6.04 Å². The lowest BCUT2D eigenvalue weighted by Gasteiger charge is -2.23. The number of benzene rings is 2. The van der Waals surface area contributed by atoms with Crippen molar-refractivity contribution in [1.82, 2.24) is 20.1 Å². The molecular formula is C18H16BrN5. The van der Waals surface area contributed by atoms with Gasteiger partial charge in [0, 0.05) is 21.1 Å². The Labute approximate surface area is 147 Å². The van der Waals surface area contributed by atoms with Crippen LogP contribution >= 0.6 is 15.9 Å². The van der Waals surface area contributed by atoms with Gasteiger partial charge in [-0.05, 0) is 55.2 Å². The zero-order valence-corrected chi connectivity index (χ0v) is 14.5. The number of fused-ring (bicyclic) bond motifs is 4. The summed E-state index contributed by atoms with van der Waals surface area (Å²) in [6, 6.07) is 14.5. The number of halogens is 1. The van der Waals surface area contributed by atoms with E-state index in [2.05, 4.69) is 54.7 Å². The van der Waals surface area contributed by atoms with Gasteiger partial charge in [0.2, 0.25) is 0 Å². The predicted molar refractivity (Wildman–Crippen MR) is 98.6 cm³/mol. The van der Waals surface area contributed by atoms with E-state index in [1.807, 2.05) is 24.3 Å². The molecule has 1 unspecified atom stereocenters. The van der Waals surface area contributed by atoms with Crippen molar-refractivity contribution in [3.8, 4) is 0 Å². The number of H-pyrrole nitrogens is 1. The summed E-state index contributed by atoms with van der Waals surface area (Å²) in [6.45, 7) is 0. The van der Waals surface area contributed by atoms with Gasteiger partial charge in [-0.25, -0.2) is 0 Å². The van der Waals surface area contributed by atoms with Gasteiger partial charge >= 0.3 is 0 Å². The molecule has 5 rings (SSSR count). The third kappa shape index (κ3) is 2.21. The highest BCUT2D eigenvalue weighted by atomic mass is 79.9. The average molecular weight is 382 g/mol. The number of hydrogen-bond donors (Lipinski definition) is 2. The first-order valence-corrected chi connectivity index (χ1v) is 8.96. The molecule has 1 atom stereocenters. The quantitative estimate of drug-likeness (QED) is 0.544. The minimum Gasteiger partial charge on any atom is -0.356 e. The summed E-state index contributed by atoms with van der Waals surface area (Å²) in [5.41, 5.74) is 9.12. The van der Waals surface area contributed by atoms with Crippen LogP contribution in [0.25, 0.3) is 21.9 Å². The van der Waals surface area contributed by atoms with Gasteiger partial charge in [0.15, 0.2) is 0 Å². The van der Waals surface area contributed by atoms with Crippen LogP contribution in [0.2, 0.25) is 0 Å². The summed E-state index contributed by atoms with van der Waals surface area (Å²) >= 11 is 3.58. The molecule has 1 aliphatic rings. The van der Waals surface area contributed by atoms with Crippen molar-refractivity contribution in [2.24, 2.45) is 0 Å². The largest absolute Gasteiger partial charge is 0.356 e. The predicted octanol–water partition coefficient (Wildman–Crippen LogP) is 4.30. The molecule has 0 amide bonds. The van der Waals surface area contributed by atoms with E-state index in [1.165, 1.54) is 22.2 Å². The SMILES string of the molecule is Brc1ccc2[nH]c3c(c2c1)CCCC3Nn1nc2ccccc2n1. The number of aryl methyl sites for hydroxylation is 1. The minimum atomic E-state index is 0.196. The fourth-order valence-electron chi connectivity index (χ4n) is 3.62. The minimum absolute atomic E-state index is 0.196. The van der Waals surface area contributed by atoms with Crippen LogP contribution in [0.3, 0.4) is 0 Å². The zero-order chi connectivity index (χ0) is 16.1. The molecule has 5 nitrogen and oxygen atoms in total. The average Bonchev–Trinajstić information content (AvgIpc) is 3.16. The van der Waals surface area contributed by atoms with Crippen LogP contribution in [0.4, 0.5) is 0 Å². The first-order valence-electron chi connectivity index (χ1n) is 8.16. The van der Waals surface area contributed by atoms with E-state index in [9.17, 15) is 0 Å². The molecule has 1 aliphatic carbocycles. The van der Waals surface area contributed by atoms with Crippen LogP contribution in [0.1, 0.15) is 30.1 Å². The second-order valence-electron chi connectivity index (χ2n) is 6.26. The first-order chi connectivity index (χ1) is 11.8. The Morgan fingerprint density at radius 3 is 2.71 bits per heavy atom. The highest BCUT2D eigenvalue weighted by Gasteiger charge is 2.25. The molecule has 0 aliphatic heterocycles. The molecule has 0 fully saturated rings. The Balaban J connectivity index is 1.55. The van der Waals surface area contributed by atoms with Crippen molar-refractivity contribution in [2.45, 2.75) is 25.3 Å². The highest BCUT2D eigenvalue weighted by molar-refractivity contribution is 9.10. The highest BCUT2D eigenvalue weighted by Crippen LogP contribution is 2.36. The second kappa shape index (κ2) is 5.34. The van der Waals surface area contributed by atoms with Gasteiger partial charge < -0.3 is 4.98 Å². The molecule has 4 aromatic rings. The lowest BCUT2D eigenvalue weighted by Crippen LogP contribution is -2.26. The van der Waals surface area contributed by atoms with E-state index in [1.54, 1.807) is 4.91 Å². The van der Waals surface area contributed by atoms with Crippen LogP contribution in [0.15, 0.2) is 46.9 Å². The van der Waals surface area contributed by atoms with E-state index < -0.39 is 0 Å². The Morgan fingerprint density at radius 2 is 1.92 bits per heavy atom. The second-order valence-corrected chi connectivity index (χ2v) is 7.17. The molecule has 2 aromatic carbocycles. The molecule has 0 radical (unpaired) electrons. The lowest BCUT2D eigenvalue weighted by atomic mass is 9.92. The maximum absolute atomic E-state index is 4.52. The van der Waals surface area contributed by atoms with Gasteiger partial charge in [0.1, 0.15) is 11.0 Å². The van der Waals surface area contributed by atoms with Gasteiger partial charge in [0.25, 0.3) is 0 Å². The number of aromatic amines is 1. The molecule has 24 heavy (non-hydrogen) atoms. The molecule has 2 aromatic heterocycles. The van der Waals surface area contributed by atoms with Crippen molar-refractivity contribution in [2.75, 3.05) is 5.43 Å². The molecular weight excluding hydrogens is 366 g/mol. The zero-order valence-electron chi connectivity index (χ0n) is 13.0. The molecule has 0 spiro atoms. The smallest absolute Gasteiger partial charge is 0.115 e. The number of hydrogen-bond acceptors (Lipinski definition) is 3. The summed E-state index contributed by atoms with van der Waals surface area (Å²) in [5, 5.41) is 10.4. The topological polar surface area (TPSA) is 58.5 Å². The van der Waals surface area contributed by atoms with Crippen molar-refractivity contribution in [3.05, 3.63) is 58.2 Å². The van der Waals surface area contributed by atoms with Crippen molar-refractivity contribution < 1.29 is 0 Å². The van der Waals surface area contributed by atoms with Gasteiger partial charge in [-0.15, -0.1) is 10.2 Å². The number of nitrogens with zero attached hydrogens (tertiary/aromatic N) is 3. The van der Waals surface area contributed by atoms with Crippen molar-refractivity contribution in [3.63, 3.8) is 0 Å². The fourth-order valence-corrected chi connectivity index (χ4v) is 3.98. The Bertz CT molecular complexity index is 1020. The van der Waals surface area contributed by atoms with Crippen molar-refractivity contribution >= 4 is 37.9 Å². The van der Waals surface area contributed by atoms with Crippen LogP contribution in [-0.4, -0.2) is 20.1 Å². The van der Waals surface area contributed by atoms with E-state index in [0.717, 1.165) is 34.8 Å². The fraction of sp³-hybridized carbons (Fsp3) is 0.222. The third-order valence-corrected chi connectivity index (χ3v) is 5.22. The molecule has 0 bridgehead atoms. The first kappa shape index (κ1) is 14.0. The Hall–Kier alpha value is -2.34. The third-order valence-electron chi connectivity index (χ3n) is 4.73.